The van der Waals surface area contributed by atoms with Gasteiger partial charge in [0.25, 0.3) is 0 Å². The number of thiol groups is 1. The molecule has 0 aliphatic heterocycles. The highest BCUT2D eigenvalue weighted by molar-refractivity contribution is 8.04. The Kier molecular flexibility index (Phi) is 7.89. The number of carbonyl (C=O) groups is 2. The number of allylic oxidation sites excluding steroid dienone is 1. The smallest absolute Gasteiger partial charge is 0.408 e. The van der Waals surface area contributed by atoms with Gasteiger partial charge in [-0.15, -0.1) is 0 Å². The molecule has 0 heterocycles. The molecule has 7 nitrogen and oxygen atoms in total. The van der Waals surface area contributed by atoms with Gasteiger partial charge in [-0.25, -0.2) is 9.59 Å². The summed E-state index contributed by atoms with van der Waals surface area (Å²) in [7, 11) is -2.56. The van der Waals surface area contributed by atoms with Crippen molar-refractivity contribution in [3.05, 3.63) is 11.2 Å². The zero-order valence-electron chi connectivity index (χ0n) is 17.3. The van der Waals surface area contributed by atoms with Crippen LogP contribution in [0.3, 0.4) is 0 Å². The summed E-state index contributed by atoms with van der Waals surface area (Å²) in [5.74, 6) is -0.530. The summed E-state index contributed by atoms with van der Waals surface area (Å²) >= 11 is 0. The molecule has 0 unspecified atom stereocenters. The lowest BCUT2D eigenvalue weighted by Gasteiger charge is -2.25. The molecule has 0 saturated heterocycles. The van der Waals surface area contributed by atoms with E-state index < -0.39 is 39.1 Å². The maximum atomic E-state index is 12.5. The van der Waals surface area contributed by atoms with Crippen LogP contribution in [0.4, 0.5) is 4.79 Å². The van der Waals surface area contributed by atoms with Crippen molar-refractivity contribution in [2.24, 2.45) is 5.41 Å². The van der Waals surface area contributed by atoms with Crippen LogP contribution in [0.2, 0.25) is 0 Å². The molecule has 0 spiro atoms. The fraction of sp³-hybridized carbons (Fsp3) is 0.789. The monoisotopic (exact) mass is 405 g/mol. The van der Waals surface area contributed by atoms with Crippen LogP contribution in [-0.4, -0.2) is 52.1 Å². The maximum absolute atomic E-state index is 12.5. The normalized spacial score (nSPS) is 18.4. The maximum Gasteiger partial charge on any atom is 0.408 e. The van der Waals surface area contributed by atoms with Crippen LogP contribution in [-0.2, 0) is 24.2 Å². The quantitative estimate of drug-likeness (QED) is 0.236. The van der Waals surface area contributed by atoms with Gasteiger partial charge in [-0.1, -0.05) is 23.3 Å². The first kappa shape index (κ1) is 23.5. The standard InChI is InChI=1S/C19H35NO6S/c1-7-8-11-25-16(22)14(20-17(23)26-18(2,3)4)12-19(9-10-19)15(21)13-27(5,6)24/h13-14,21,27H,7-12H2,1-6H3,(H,20,23)/b15-13-/t14-/m0/s1. The van der Waals surface area contributed by atoms with Gasteiger partial charge in [0.2, 0.25) is 0 Å². The van der Waals surface area contributed by atoms with Gasteiger partial charge in [-0.05, 0) is 59.0 Å². The second-order valence-corrected chi connectivity index (χ2v) is 11.8. The number of amides is 1. The summed E-state index contributed by atoms with van der Waals surface area (Å²) < 4.78 is 22.5. The first-order valence-electron chi connectivity index (χ1n) is 9.41. The van der Waals surface area contributed by atoms with E-state index in [2.05, 4.69) is 5.32 Å². The van der Waals surface area contributed by atoms with Gasteiger partial charge in [-0.2, -0.15) is 0 Å². The Hall–Kier alpha value is -1.57. The van der Waals surface area contributed by atoms with E-state index in [1.165, 1.54) is 5.41 Å². The molecule has 1 rings (SSSR count). The van der Waals surface area contributed by atoms with Crippen LogP contribution < -0.4 is 5.32 Å². The molecule has 158 valence electrons. The number of alkyl carbamates (subject to hydrolysis) is 1. The van der Waals surface area contributed by atoms with Crippen LogP contribution in [0.5, 0.6) is 0 Å². The zero-order valence-corrected chi connectivity index (χ0v) is 18.2. The molecule has 0 aromatic rings. The highest BCUT2D eigenvalue weighted by atomic mass is 32.2. The second-order valence-electron chi connectivity index (χ2n) is 8.65. The topological polar surface area (TPSA) is 102 Å². The highest BCUT2D eigenvalue weighted by Gasteiger charge is 2.50. The number of aliphatic hydroxyl groups is 1. The zero-order chi connectivity index (χ0) is 20.9. The summed E-state index contributed by atoms with van der Waals surface area (Å²) in [5, 5.41) is 14.4. The Labute approximate surface area is 163 Å². The van der Waals surface area contributed by atoms with Gasteiger partial charge in [-0.3, -0.25) is 4.21 Å². The van der Waals surface area contributed by atoms with Gasteiger partial charge in [0.15, 0.2) is 0 Å². The third-order valence-corrected chi connectivity index (χ3v) is 5.01. The Balaban J connectivity index is 2.91. The second kappa shape index (κ2) is 9.08. The van der Waals surface area contributed by atoms with E-state index in [9.17, 15) is 18.9 Å². The molecule has 1 aliphatic rings. The number of hydrogen-bond donors (Lipinski definition) is 3. The average Bonchev–Trinajstić information content (AvgIpc) is 3.24. The lowest BCUT2D eigenvalue weighted by molar-refractivity contribution is -0.146. The third kappa shape index (κ3) is 8.77. The van der Waals surface area contributed by atoms with Crippen molar-refractivity contribution in [1.29, 1.82) is 0 Å². The molecule has 1 atom stereocenters. The lowest BCUT2D eigenvalue weighted by atomic mass is 9.95. The van der Waals surface area contributed by atoms with Gasteiger partial charge in [0.05, 0.1) is 6.61 Å². The van der Waals surface area contributed by atoms with Crippen LogP contribution in [0, 0.1) is 5.41 Å². The molecule has 1 aliphatic carbocycles. The molecule has 1 saturated carbocycles. The minimum Gasteiger partial charge on any atom is -0.511 e. The first-order valence-corrected chi connectivity index (χ1v) is 12.1. The Bertz CT molecular complexity index is 612. The fourth-order valence-electron chi connectivity index (χ4n) is 2.60. The van der Waals surface area contributed by atoms with Crippen LogP contribution in [0.1, 0.15) is 59.8 Å². The third-order valence-electron chi connectivity index (χ3n) is 4.14. The molecule has 1 amide bonds. The Morgan fingerprint density at radius 2 is 1.89 bits per heavy atom. The van der Waals surface area contributed by atoms with Crippen LogP contribution in [0.15, 0.2) is 11.2 Å². The van der Waals surface area contributed by atoms with E-state index in [1.54, 1.807) is 33.3 Å². The van der Waals surface area contributed by atoms with E-state index in [1.807, 2.05) is 6.92 Å². The van der Waals surface area contributed by atoms with E-state index in [4.69, 9.17) is 9.47 Å². The molecule has 2 N–H and O–H groups in total. The van der Waals surface area contributed by atoms with E-state index >= 15 is 0 Å². The minimum atomic E-state index is -2.56. The summed E-state index contributed by atoms with van der Waals surface area (Å²) in [5.41, 5.74) is -1.34. The molecule has 0 bridgehead atoms. The minimum absolute atomic E-state index is 0.0215. The van der Waals surface area contributed by atoms with Crippen molar-refractivity contribution in [3.8, 4) is 0 Å². The van der Waals surface area contributed by atoms with Gasteiger partial charge in [0, 0.05) is 10.8 Å². The molecular weight excluding hydrogens is 370 g/mol. The van der Waals surface area contributed by atoms with Gasteiger partial charge >= 0.3 is 12.1 Å². The summed E-state index contributed by atoms with van der Waals surface area (Å²) in [6.45, 7) is 7.46. The largest absolute Gasteiger partial charge is 0.511 e. The average molecular weight is 406 g/mol. The number of aliphatic hydroxyl groups excluding tert-OH is 1. The molecule has 8 heteroatoms. The fourth-order valence-corrected chi connectivity index (χ4v) is 3.46. The van der Waals surface area contributed by atoms with Crippen molar-refractivity contribution >= 4 is 22.0 Å². The van der Waals surface area contributed by atoms with E-state index in [-0.39, 0.29) is 18.8 Å². The summed E-state index contributed by atoms with van der Waals surface area (Å²) in [6, 6.07) is -0.942. The van der Waals surface area contributed by atoms with Crippen LogP contribution in [0.25, 0.3) is 0 Å². The number of carbonyl (C=O) groups excluding carboxylic acids is 2. The Morgan fingerprint density at radius 3 is 2.33 bits per heavy atom. The van der Waals surface area contributed by atoms with Crippen molar-refractivity contribution in [2.45, 2.75) is 71.4 Å². The summed E-state index contributed by atoms with van der Waals surface area (Å²) in [6.07, 6.45) is 5.52. The van der Waals surface area contributed by atoms with Crippen LogP contribution >= 0.6 is 0 Å². The van der Waals surface area contributed by atoms with Crippen molar-refractivity contribution in [1.82, 2.24) is 5.32 Å². The molecule has 0 radical (unpaired) electrons. The highest BCUT2D eigenvalue weighted by Crippen LogP contribution is 2.54. The predicted octanol–water partition coefficient (Wildman–Crippen LogP) is 3.07. The van der Waals surface area contributed by atoms with Crippen molar-refractivity contribution in [3.63, 3.8) is 0 Å². The summed E-state index contributed by atoms with van der Waals surface area (Å²) in [4.78, 5) is 24.6. The molecule has 0 aromatic carbocycles. The molecule has 0 aromatic heterocycles. The SMILES string of the molecule is CCCCOC(=O)[C@H](CC1(/C(O)=C/[SH](C)(C)=O)CC1)NC(=O)OC(C)(C)C. The van der Waals surface area contributed by atoms with E-state index in [0.29, 0.717) is 12.8 Å². The molecular formula is C19H35NO6S. The van der Waals surface area contributed by atoms with Gasteiger partial charge < -0.3 is 19.9 Å². The number of esters is 1. The number of rotatable bonds is 9. The number of hydrogen-bond acceptors (Lipinski definition) is 6. The van der Waals surface area contributed by atoms with E-state index in [0.717, 1.165) is 12.8 Å². The predicted molar refractivity (Wildman–Crippen MR) is 107 cm³/mol. The lowest BCUT2D eigenvalue weighted by Crippen LogP contribution is -2.45. The van der Waals surface area contributed by atoms with Crippen molar-refractivity contribution in [2.75, 3.05) is 19.1 Å². The molecule has 27 heavy (non-hydrogen) atoms. The number of ether oxygens (including phenoxy) is 2. The number of nitrogens with one attached hydrogen (secondary N) is 1. The Morgan fingerprint density at radius 1 is 1.30 bits per heavy atom. The van der Waals surface area contributed by atoms with Gasteiger partial charge in [0.1, 0.15) is 17.4 Å². The molecule has 1 fully saturated rings. The number of unbranched alkanes of at least 4 members (excludes halogenated alkanes) is 1. The van der Waals surface area contributed by atoms with Crippen molar-refractivity contribution < 1.29 is 28.4 Å². The first-order chi connectivity index (χ1) is 12.3.